The summed E-state index contributed by atoms with van der Waals surface area (Å²) in [4.78, 5) is 13.9. The number of hydrogen-bond donors (Lipinski definition) is 1. The van der Waals surface area contributed by atoms with Gasteiger partial charge in [-0.15, -0.1) is 11.8 Å². The van der Waals surface area contributed by atoms with Crippen molar-refractivity contribution < 1.29 is 9.84 Å². The van der Waals surface area contributed by atoms with Gasteiger partial charge in [0.25, 0.3) is 0 Å². The van der Waals surface area contributed by atoms with E-state index in [1.54, 1.807) is 24.9 Å². The molecule has 1 N–H and O–H groups in total. The third kappa shape index (κ3) is 4.22. The Hall–Kier alpha value is -2.61. The van der Waals surface area contributed by atoms with Crippen LogP contribution in [0, 0.1) is 6.92 Å². The number of aryl methyl sites for hydroxylation is 1. The SMILES string of the molecule is Cc1cc(-n2ccnc2)c2cccc(OCc3c(Cl)cncc3SCCO)c2n1. The molecule has 148 valence electrons. The van der Waals surface area contributed by atoms with E-state index in [-0.39, 0.29) is 13.2 Å². The highest BCUT2D eigenvalue weighted by Crippen LogP contribution is 2.32. The maximum absolute atomic E-state index is 9.12. The molecule has 0 radical (unpaired) electrons. The van der Waals surface area contributed by atoms with Crippen LogP contribution < -0.4 is 4.74 Å². The first-order valence-corrected chi connectivity index (χ1v) is 10.4. The zero-order valence-electron chi connectivity index (χ0n) is 15.7. The monoisotopic (exact) mass is 426 g/mol. The van der Waals surface area contributed by atoms with Crippen molar-refractivity contribution in [3.05, 3.63) is 71.7 Å². The summed E-state index contributed by atoms with van der Waals surface area (Å²) in [5.74, 6) is 1.25. The lowest BCUT2D eigenvalue weighted by molar-refractivity contribution is 0.306. The molecule has 0 fully saturated rings. The molecule has 0 saturated carbocycles. The number of para-hydroxylation sites is 1. The van der Waals surface area contributed by atoms with Crippen LogP contribution in [0.4, 0.5) is 0 Å². The predicted octanol–water partition coefficient (Wildman–Crippen LogP) is 4.44. The molecule has 1 aromatic carbocycles. The van der Waals surface area contributed by atoms with Crippen LogP contribution in [-0.4, -0.2) is 37.0 Å². The fourth-order valence-electron chi connectivity index (χ4n) is 3.07. The quantitative estimate of drug-likeness (QED) is 0.440. The Morgan fingerprint density at radius 3 is 2.93 bits per heavy atom. The summed E-state index contributed by atoms with van der Waals surface area (Å²) in [5, 5.41) is 10.6. The second-order valence-electron chi connectivity index (χ2n) is 6.36. The predicted molar refractivity (Wildman–Crippen MR) is 115 cm³/mol. The number of aromatic nitrogens is 4. The van der Waals surface area contributed by atoms with Gasteiger partial charge in [0, 0.05) is 52.1 Å². The molecule has 8 heteroatoms. The smallest absolute Gasteiger partial charge is 0.146 e. The van der Waals surface area contributed by atoms with E-state index in [9.17, 15) is 0 Å². The van der Waals surface area contributed by atoms with Crippen LogP contribution in [0.25, 0.3) is 16.6 Å². The van der Waals surface area contributed by atoms with Crippen LogP contribution >= 0.6 is 23.4 Å². The van der Waals surface area contributed by atoms with E-state index < -0.39 is 0 Å². The third-order valence-electron chi connectivity index (χ3n) is 4.38. The number of benzene rings is 1. The number of aliphatic hydroxyl groups is 1. The standard InChI is InChI=1S/C21H19ClN4O2S/c1-14-9-18(26-6-5-23-13-26)15-3-2-4-19(21(15)25-14)28-12-16-17(22)10-24-11-20(16)29-8-7-27/h2-6,9-11,13,27H,7-8,12H2,1H3. The number of halogens is 1. The van der Waals surface area contributed by atoms with Crippen molar-refractivity contribution in [1.82, 2.24) is 19.5 Å². The number of thioether (sulfide) groups is 1. The van der Waals surface area contributed by atoms with Gasteiger partial charge in [0.2, 0.25) is 0 Å². The zero-order chi connectivity index (χ0) is 20.2. The van der Waals surface area contributed by atoms with E-state index in [2.05, 4.69) is 9.97 Å². The highest BCUT2D eigenvalue weighted by atomic mass is 35.5. The second kappa shape index (κ2) is 8.82. The van der Waals surface area contributed by atoms with Gasteiger partial charge in [-0.05, 0) is 19.1 Å². The van der Waals surface area contributed by atoms with Crippen molar-refractivity contribution in [3.8, 4) is 11.4 Å². The average molecular weight is 427 g/mol. The van der Waals surface area contributed by atoms with Gasteiger partial charge in [-0.1, -0.05) is 23.7 Å². The Kier molecular flexibility index (Phi) is 5.99. The van der Waals surface area contributed by atoms with Crippen LogP contribution in [0.1, 0.15) is 11.3 Å². The molecule has 0 amide bonds. The summed E-state index contributed by atoms with van der Waals surface area (Å²) >= 11 is 7.87. The Labute approximate surface area is 177 Å². The van der Waals surface area contributed by atoms with Crippen molar-refractivity contribution in [2.24, 2.45) is 0 Å². The molecule has 6 nitrogen and oxygen atoms in total. The Morgan fingerprint density at radius 2 is 2.14 bits per heavy atom. The number of fused-ring (bicyclic) bond motifs is 1. The maximum atomic E-state index is 9.12. The Morgan fingerprint density at radius 1 is 1.24 bits per heavy atom. The number of ether oxygens (including phenoxy) is 1. The van der Waals surface area contributed by atoms with Gasteiger partial charge in [0.1, 0.15) is 17.9 Å². The van der Waals surface area contributed by atoms with Crippen LogP contribution in [0.15, 0.2) is 60.3 Å². The summed E-state index contributed by atoms with van der Waals surface area (Å²) in [7, 11) is 0. The first kappa shape index (κ1) is 19.7. The molecule has 0 unspecified atom stereocenters. The fourth-order valence-corrected chi connectivity index (χ4v) is 4.13. The number of hydrogen-bond acceptors (Lipinski definition) is 6. The molecule has 3 aromatic heterocycles. The normalized spacial score (nSPS) is 11.1. The summed E-state index contributed by atoms with van der Waals surface area (Å²) in [6.07, 6.45) is 8.77. The van der Waals surface area contributed by atoms with E-state index in [0.717, 1.165) is 32.7 Å². The fraction of sp³-hybridized carbons (Fsp3) is 0.190. The zero-order valence-corrected chi connectivity index (χ0v) is 17.3. The minimum absolute atomic E-state index is 0.0843. The summed E-state index contributed by atoms with van der Waals surface area (Å²) in [6, 6.07) is 7.90. The van der Waals surface area contributed by atoms with Gasteiger partial charge in [-0.3, -0.25) is 4.98 Å². The van der Waals surface area contributed by atoms with E-state index >= 15 is 0 Å². The molecule has 0 atom stereocenters. The Balaban J connectivity index is 1.70. The first-order chi connectivity index (χ1) is 14.2. The van der Waals surface area contributed by atoms with Gasteiger partial charge in [0.15, 0.2) is 0 Å². The maximum Gasteiger partial charge on any atom is 0.146 e. The summed E-state index contributed by atoms with van der Waals surface area (Å²) < 4.78 is 8.12. The largest absolute Gasteiger partial charge is 0.487 e. The van der Waals surface area contributed by atoms with Crippen molar-refractivity contribution in [2.45, 2.75) is 18.4 Å². The number of aliphatic hydroxyl groups excluding tert-OH is 1. The van der Waals surface area contributed by atoms with Crippen LogP contribution in [0.5, 0.6) is 5.75 Å². The second-order valence-corrected chi connectivity index (χ2v) is 7.91. The lowest BCUT2D eigenvalue weighted by Crippen LogP contribution is -2.02. The highest BCUT2D eigenvalue weighted by Gasteiger charge is 2.13. The molecule has 4 rings (SSSR count). The molecule has 0 aliphatic heterocycles. The Bertz CT molecular complexity index is 1140. The van der Waals surface area contributed by atoms with Crippen molar-refractivity contribution >= 4 is 34.3 Å². The molecular formula is C21H19ClN4O2S. The molecule has 0 saturated heterocycles. The molecule has 29 heavy (non-hydrogen) atoms. The van der Waals surface area contributed by atoms with Crippen molar-refractivity contribution in [3.63, 3.8) is 0 Å². The summed E-state index contributed by atoms with van der Waals surface area (Å²) in [5.41, 5.74) is 3.51. The molecule has 0 spiro atoms. The highest BCUT2D eigenvalue weighted by molar-refractivity contribution is 7.99. The van der Waals surface area contributed by atoms with E-state index in [1.165, 1.54) is 11.8 Å². The minimum Gasteiger partial charge on any atom is -0.487 e. The van der Waals surface area contributed by atoms with Gasteiger partial charge in [0.05, 0.1) is 23.6 Å². The van der Waals surface area contributed by atoms with Crippen LogP contribution in [-0.2, 0) is 6.61 Å². The molecule has 3 heterocycles. The lowest BCUT2D eigenvalue weighted by atomic mass is 10.1. The van der Waals surface area contributed by atoms with E-state index in [4.69, 9.17) is 26.4 Å². The van der Waals surface area contributed by atoms with Gasteiger partial charge in [-0.2, -0.15) is 0 Å². The lowest BCUT2D eigenvalue weighted by Gasteiger charge is -2.15. The molecular weight excluding hydrogens is 408 g/mol. The van der Waals surface area contributed by atoms with Gasteiger partial charge < -0.3 is 14.4 Å². The number of nitrogens with zero attached hydrogens (tertiary/aromatic N) is 4. The molecule has 4 aromatic rings. The minimum atomic E-state index is 0.0843. The van der Waals surface area contributed by atoms with E-state index in [1.807, 2.05) is 42.0 Å². The number of pyridine rings is 2. The number of imidazole rings is 1. The van der Waals surface area contributed by atoms with E-state index in [0.29, 0.717) is 16.5 Å². The first-order valence-electron chi connectivity index (χ1n) is 9.05. The van der Waals surface area contributed by atoms with Gasteiger partial charge >= 0.3 is 0 Å². The van der Waals surface area contributed by atoms with Crippen LogP contribution in [0.3, 0.4) is 0 Å². The number of rotatable bonds is 7. The van der Waals surface area contributed by atoms with Crippen LogP contribution in [0.2, 0.25) is 5.02 Å². The summed E-state index contributed by atoms with van der Waals surface area (Å²) in [6.45, 7) is 2.32. The molecule has 0 bridgehead atoms. The molecule has 0 aliphatic carbocycles. The topological polar surface area (TPSA) is 73.1 Å². The van der Waals surface area contributed by atoms with Gasteiger partial charge in [-0.25, -0.2) is 9.97 Å². The van der Waals surface area contributed by atoms with Crippen molar-refractivity contribution in [2.75, 3.05) is 12.4 Å². The average Bonchev–Trinajstić information content (AvgIpc) is 3.26. The third-order valence-corrected chi connectivity index (χ3v) is 5.75. The molecule has 0 aliphatic rings. The van der Waals surface area contributed by atoms with Crippen molar-refractivity contribution in [1.29, 1.82) is 0 Å².